The van der Waals surface area contributed by atoms with Crippen molar-refractivity contribution < 1.29 is 17.7 Å². The van der Waals surface area contributed by atoms with Gasteiger partial charge in [0.05, 0.1) is 18.1 Å². The van der Waals surface area contributed by atoms with Gasteiger partial charge in [0.25, 0.3) is 10.1 Å². The minimum atomic E-state index is -3.83. The standard InChI is InChI=1S/C15H17NO4S/c1-12-5-7-14(8-6-12)21(18,19)20-11-13(10-17)15-4-2-3-9-16-15/h2-9,13,17H,10-11H2,1H3. The molecule has 21 heavy (non-hydrogen) atoms. The van der Waals surface area contributed by atoms with Crippen LogP contribution < -0.4 is 0 Å². The largest absolute Gasteiger partial charge is 0.396 e. The van der Waals surface area contributed by atoms with Gasteiger partial charge >= 0.3 is 0 Å². The van der Waals surface area contributed by atoms with Gasteiger partial charge in [-0.1, -0.05) is 23.8 Å². The second-order valence-corrected chi connectivity index (χ2v) is 6.30. The Bertz CT molecular complexity index is 669. The summed E-state index contributed by atoms with van der Waals surface area (Å²) in [4.78, 5) is 4.20. The van der Waals surface area contributed by atoms with E-state index < -0.39 is 16.0 Å². The molecule has 6 heteroatoms. The molecule has 0 aliphatic carbocycles. The molecule has 0 fully saturated rings. The van der Waals surface area contributed by atoms with Crippen molar-refractivity contribution in [1.82, 2.24) is 4.98 Å². The number of nitrogens with zero attached hydrogens (tertiary/aromatic N) is 1. The second-order valence-electron chi connectivity index (χ2n) is 4.69. The minimum Gasteiger partial charge on any atom is -0.396 e. The molecule has 1 aromatic heterocycles. The molecule has 2 rings (SSSR count). The predicted octanol–water partition coefficient (Wildman–Crippen LogP) is 1.87. The number of aryl methyl sites for hydroxylation is 1. The van der Waals surface area contributed by atoms with E-state index in [2.05, 4.69) is 4.98 Å². The second kappa shape index (κ2) is 6.80. The quantitative estimate of drug-likeness (QED) is 0.825. The first-order chi connectivity index (χ1) is 10.0. The maximum atomic E-state index is 12.1. The van der Waals surface area contributed by atoms with Crippen LogP contribution in [0.4, 0.5) is 0 Å². The van der Waals surface area contributed by atoms with E-state index >= 15 is 0 Å². The zero-order valence-corrected chi connectivity index (χ0v) is 12.5. The average Bonchev–Trinajstić information content (AvgIpc) is 2.49. The number of rotatable bonds is 6. The van der Waals surface area contributed by atoms with Gasteiger partial charge in [-0.05, 0) is 31.2 Å². The van der Waals surface area contributed by atoms with Crippen molar-refractivity contribution in [3.05, 3.63) is 59.9 Å². The Kier molecular flexibility index (Phi) is 5.06. The van der Waals surface area contributed by atoms with Crippen LogP contribution in [0.25, 0.3) is 0 Å². The Morgan fingerprint density at radius 3 is 2.48 bits per heavy atom. The molecule has 1 aromatic carbocycles. The fraction of sp³-hybridized carbons (Fsp3) is 0.267. The minimum absolute atomic E-state index is 0.103. The predicted molar refractivity (Wildman–Crippen MR) is 78.4 cm³/mol. The van der Waals surface area contributed by atoms with Gasteiger partial charge in [-0.3, -0.25) is 9.17 Å². The summed E-state index contributed by atoms with van der Waals surface area (Å²) in [6.07, 6.45) is 1.59. The lowest BCUT2D eigenvalue weighted by atomic mass is 10.1. The van der Waals surface area contributed by atoms with E-state index in [4.69, 9.17) is 4.18 Å². The molecule has 0 aliphatic heterocycles. The zero-order chi connectivity index (χ0) is 15.3. The van der Waals surface area contributed by atoms with Crippen LogP contribution in [-0.2, 0) is 14.3 Å². The molecule has 1 atom stereocenters. The topological polar surface area (TPSA) is 76.5 Å². The number of hydrogen-bond donors (Lipinski definition) is 1. The molecule has 1 unspecified atom stereocenters. The molecule has 1 heterocycles. The van der Waals surface area contributed by atoms with Crippen LogP contribution in [0.2, 0.25) is 0 Å². The van der Waals surface area contributed by atoms with Crippen molar-refractivity contribution in [2.24, 2.45) is 0 Å². The highest BCUT2D eigenvalue weighted by Crippen LogP contribution is 2.18. The maximum absolute atomic E-state index is 12.1. The van der Waals surface area contributed by atoms with Gasteiger partial charge in [-0.15, -0.1) is 0 Å². The van der Waals surface area contributed by atoms with Gasteiger partial charge in [-0.25, -0.2) is 0 Å². The summed E-state index contributed by atoms with van der Waals surface area (Å²) >= 11 is 0. The first kappa shape index (κ1) is 15.6. The normalized spacial score (nSPS) is 13.0. The third kappa shape index (κ3) is 4.10. The lowest BCUT2D eigenvalue weighted by Crippen LogP contribution is -2.17. The van der Waals surface area contributed by atoms with Gasteiger partial charge in [-0.2, -0.15) is 8.42 Å². The van der Waals surface area contributed by atoms with Crippen molar-refractivity contribution in [3.8, 4) is 0 Å². The van der Waals surface area contributed by atoms with Gasteiger partial charge in [0.15, 0.2) is 0 Å². The fourth-order valence-electron chi connectivity index (χ4n) is 1.79. The van der Waals surface area contributed by atoms with Crippen molar-refractivity contribution in [1.29, 1.82) is 0 Å². The molecule has 0 bridgehead atoms. The molecule has 0 saturated carbocycles. The van der Waals surface area contributed by atoms with Gasteiger partial charge in [0.1, 0.15) is 0 Å². The maximum Gasteiger partial charge on any atom is 0.296 e. The van der Waals surface area contributed by atoms with Crippen LogP contribution in [-0.4, -0.2) is 31.7 Å². The molecule has 112 valence electrons. The molecule has 5 nitrogen and oxygen atoms in total. The number of pyridine rings is 1. The summed E-state index contributed by atoms with van der Waals surface area (Å²) in [7, 11) is -3.83. The molecule has 2 aromatic rings. The molecule has 0 spiro atoms. The number of benzene rings is 1. The van der Waals surface area contributed by atoms with E-state index in [0.29, 0.717) is 5.69 Å². The molecular weight excluding hydrogens is 290 g/mol. The summed E-state index contributed by atoms with van der Waals surface area (Å²) in [5, 5.41) is 9.37. The van der Waals surface area contributed by atoms with Crippen LogP contribution >= 0.6 is 0 Å². The number of aliphatic hydroxyl groups is 1. The number of hydrogen-bond acceptors (Lipinski definition) is 5. The summed E-state index contributed by atoms with van der Waals surface area (Å²) in [5.74, 6) is -0.480. The molecule has 1 N–H and O–H groups in total. The first-order valence-corrected chi connectivity index (χ1v) is 7.91. The molecule has 0 aliphatic rings. The van der Waals surface area contributed by atoms with Gasteiger partial charge in [0.2, 0.25) is 0 Å². The highest BCUT2D eigenvalue weighted by Gasteiger charge is 2.19. The molecule has 0 amide bonds. The third-order valence-corrected chi connectivity index (χ3v) is 4.36. The highest BCUT2D eigenvalue weighted by molar-refractivity contribution is 7.86. The Morgan fingerprint density at radius 1 is 1.19 bits per heavy atom. The van der Waals surface area contributed by atoms with Crippen LogP contribution in [0, 0.1) is 6.92 Å². The molecular formula is C15H17NO4S. The average molecular weight is 307 g/mol. The lowest BCUT2D eigenvalue weighted by Gasteiger charge is -2.13. The Hall–Kier alpha value is -1.76. The van der Waals surface area contributed by atoms with Crippen molar-refractivity contribution in [2.75, 3.05) is 13.2 Å². The number of aliphatic hydroxyl groups excluding tert-OH is 1. The van der Waals surface area contributed by atoms with Crippen molar-refractivity contribution in [3.63, 3.8) is 0 Å². The first-order valence-electron chi connectivity index (χ1n) is 6.51. The van der Waals surface area contributed by atoms with Crippen LogP contribution in [0.1, 0.15) is 17.2 Å². The fourth-order valence-corrected chi connectivity index (χ4v) is 2.74. The molecule has 0 saturated heterocycles. The van der Waals surface area contributed by atoms with Crippen molar-refractivity contribution >= 4 is 10.1 Å². The summed E-state index contributed by atoms with van der Waals surface area (Å²) in [5.41, 5.74) is 1.56. The van der Waals surface area contributed by atoms with E-state index in [1.807, 2.05) is 6.92 Å². The van der Waals surface area contributed by atoms with E-state index in [1.54, 1.807) is 36.5 Å². The van der Waals surface area contributed by atoms with E-state index in [1.165, 1.54) is 12.1 Å². The van der Waals surface area contributed by atoms with Crippen LogP contribution in [0.5, 0.6) is 0 Å². The van der Waals surface area contributed by atoms with Crippen LogP contribution in [0.15, 0.2) is 53.6 Å². The monoisotopic (exact) mass is 307 g/mol. The smallest absolute Gasteiger partial charge is 0.296 e. The van der Waals surface area contributed by atoms with E-state index in [0.717, 1.165) is 5.56 Å². The van der Waals surface area contributed by atoms with Crippen molar-refractivity contribution in [2.45, 2.75) is 17.7 Å². The SMILES string of the molecule is Cc1ccc(S(=O)(=O)OCC(CO)c2ccccn2)cc1. The summed E-state index contributed by atoms with van der Waals surface area (Å²) in [6.45, 7) is 1.49. The Morgan fingerprint density at radius 2 is 1.90 bits per heavy atom. The summed E-state index contributed by atoms with van der Waals surface area (Å²) < 4.78 is 29.2. The number of aromatic nitrogens is 1. The zero-order valence-electron chi connectivity index (χ0n) is 11.6. The van der Waals surface area contributed by atoms with E-state index in [9.17, 15) is 13.5 Å². The molecule has 0 radical (unpaired) electrons. The summed E-state index contributed by atoms with van der Waals surface area (Å²) in [6, 6.07) is 11.7. The lowest BCUT2D eigenvalue weighted by molar-refractivity contribution is 0.206. The Balaban J connectivity index is 2.08. The van der Waals surface area contributed by atoms with E-state index in [-0.39, 0.29) is 18.1 Å². The van der Waals surface area contributed by atoms with Gasteiger partial charge in [0, 0.05) is 17.8 Å². The van der Waals surface area contributed by atoms with Gasteiger partial charge < -0.3 is 5.11 Å². The van der Waals surface area contributed by atoms with Crippen LogP contribution in [0.3, 0.4) is 0 Å². The Labute approximate surface area is 124 Å². The third-order valence-electron chi connectivity index (χ3n) is 3.06. The highest BCUT2D eigenvalue weighted by atomic mass is 32.2.